The fourth-order valence-corrected chi connectivity index (χ4v) is 10.7. The normalized spacial score (nSPS) is 11.0. The van der Waals surface area contributed by atoms with Crippen LogP contribution >= 0.6 is 0 Å². The molecule has 0 N–H and O–H groups in total. The Kier molecular flexibility index (Phi) is 15.0. The molecule has 0 fully saturated rings. The molecular formula is C77H52IrN3. The molecule has 0 aliphatic carbocycles. The molecule has 0 aliphatic rings. The van der Waals surface area contributed by atoms with E-state index in [1.807, 2.05) is 18.6 Å². The number of pyridine rings is 3. The van der Waals surface area contributed by atoms with Crippen LogP contribution in [0.4, 0.5) is 0 Å². The van der Waals surface area contributed by atoms with Crippen molar-refractivity contribution in [2.24, 2.45) is 0 Å². The minimum absolute atomic E-state index is 0. The Balaban J connectivity index is 0.00000651. The molecule has 0 aliphatic heterocycles. The molecule has 0 saturated heterocycles. The molecule has 13 aromatic rings. The average molecular weight is 1210 g/mol. The third kappa shape index (κ3) is 11.0. The number of benzene rings is 10. The van der Waals surface area contributed by atoms with E-state index in [9.17, 15) is 0 Å². The molecular weight excluding hydrogens is 1160 g/mol. The van der Waals surface area contributed by atoms with Crippen LogP contribution in [0.3, 0.4) is 0 Å². The summed E-state index contributed by atoms with van der Waals surface area (Å²) in [6, 6.07) is 104. The smallest absolute Gasteiger partial charge is 0.304 e. The monoisotopic (exact) mass is 1210 g/mol. The third-order valence-corrected chi connectivity index (χ3v) is 15.0. The molecule has 0 unspecified atom stereocenters. The molecule has 0 amide bonds. The number of hydrogen-bond donors (Lipinski definition) is 0. The summed E-state index contributed by atoms with van der Waals surface area (Å²) in [5.41, 5.74) is 27.8. The van der Waals surface area contributed by atoms with Crippen LogP contribution in [0.1, 0.15) is 11.1 Å². The Morgan fingerprint density at radius 3 is 0.938 bits per heavy atom. The van der Waals surface area contributed by atoms with Gasteiger partial charge in [0.1, 0.15) is 0 Å². The van der Waals surface area contributed by atoms with Crippen LogP contribution < -0.4 is 0 Å². The van der Waals surface area contributed by atoms with E-state index >= 15 is 0 Å². The largest absolute Gasteiger partial charge is 3.00 e. The van der Waals surface area contributed by atoms with E-state index in [0.717, 1.165) is 134 Å². The molecule has 384 valence electrons. The zero-order chi connectivity index (χ0) is 53.8. The van der Waals surface area contributed by atoms with Crippen LogP contribution in [0.2, 0.25) is 0 Å². The van der Waals surface area contributed by atoms with Crippen molar-refractivity contribution in [3.63, 3.8) is 0 Å². The summed E-state index contributed by atoms with van der Waals surface area (Å²) in [6.45, 7) is 4.11. The first-order valence-electron chi connectivity index (χ1n) is 27.0. The summed E-state index contributed by atoms with van der Waals surface area (Å²) in [7, 11) is 0. The Morgan fingerprint density at radius 1 is 0.235 bits per heavy atom. The van der Waals surface area contributed by atoms with Gasteiger partial charge in [0.15, 0.2) is 0 Å². The molecule has 3 heterocycles. The molecule has 3 aromatic heterocycles. The fourth-order valence-electron chi connectivity index (χ4n) is 10.7. The number of rotatable bonds is 12. The standard InChI is InChI=1S/C77H52N3.Ir/c1-52-25-43-75(78-49-52)61-37-31-57(32-38-61)67-19-9-12-22-70(67)64-45-65(71-23-13-10-20-68(71)58-33-39-62(40-34-58)76-44-26-53(2)50-79-76)47-66(46-64)72-24-14-11-21-69(72)59-35-41-63(42-36-59)77-48-73(74(51-80-77)56-17-7-4-8-18-56)60-29-27-55(28-30-60)54-15-5-3-6-16-54;/h3-37,39,41,43-51H,1-2H3;/q-3;+3. The maximum absolute atomic E-state index is 5.08. The van der Waals surface area contributed by atoms with Crippen LogP contribution in [0.5, 0.6) is 0 Å². The summed E-state index contributed by atoms with van der Waals surface area (Å²) in [6.07, 6.45) is 5.82. The Hall–Kier alpha value is -9.70. The maximum Gasteiger partial charge on any atom is 3.00 e. The van der Waals surface area contributed by atoms with Gasteiger partial charge in [-0.3, -0.25) is 0 Å². The van der Waals surface area contributed by atoms with E-state index in [1.54, 1.807) is 0 Å². The predicted molar refractivity (Wildman–Crippen MR) is 331 cm³/mol. The number of aromatic nitrogens is 3. The van der Waals surface area contributed by atoms with Crippen LogP contribution in [-0.2, 0) is 20.1 Å². The van der Waals surface area contributed by atoms with Gasteiger partial charge in [0, 0.05) is 24.2 Å². The van der Waals surface area contributed by atoms with Gasteiger partial charge in [-0.05, 0) is 121 Å². The molecule has 0 saturated carbocycles. The SMILES string of the molecule is Cc1ccc(-c2[c-]cc(-c3ccccc3-c3cc(-c4ccccc4-c4c[c-]c(-c5ccc(C)cn5)cc4)cc(-c4ccccc4-c4c[c-]c(-c5cc(-c6ccc(-c7ccccc7)cc6)c(-c6ccccc6)cn5)cc4)c3)cc2)nc1.[Ir+3]. The first-order valence-corrected chi connectivity index (χ1v) is 27.0. The third-order valence-electron chi connectivity index (χ3n) is 15.0. The van der Waals surface area contributed by atoms with Gasteiger partial charge >= 0.3 is 20.1 Å². The van der Waals surface area contributed by atoms with E-state index < -0.39 is 0 Å². The van der Waals surface area contributed by atoms with Crippen molar-refractivity contribution in [2.45, 2.75) is 13.8 Å². The zero-order valence-electron chi connectivity index (χ0n) is 44.7. The van der Waals surface area contributed by atoms with Crippen molar-refractivity contribution < 1.29 is 20.1 Å². The molecule has 3 nitrogen and oxygen atoms in total. The van der Waals surface area contributed by atoms with Gasteiger partial charge in [0.2, 0.25) is 0 Å². The summed E-state index contributed by atoms with van der Waals surface area (Å²) in [5.74, 6) is 0. The summed E-state index contributed by atoms with van der Waals surface area (Å²) in [5, 5.41) is 0. The minimum Gasteiger partial charge on any atom is -0.304 e. The van der Waals surface area contributed by atoms with E-state index in [0.29, 0.717) is 0 Å². The summed E-state index contributed by atoms with van der Waals surface area (Å²) >= 11 is 0. The Morgan fingerprint density at radius 2 is 0.556 bits per heavy atom. The van der Waals surface area contributed by atoms with Gasteiger partial charge in [-0.15, -0.1) is 89.5 Å². The second-order valence-corrected chi connectivity index (χ2v) is 20.3. The topological polar surface area (TPSA) is 38.7 Å². The van der Waals surface area contributed by atoms with Crippen LogP contribution in [0.15, 0.2) is 279 Å². The van der Waals surface area contributed by atoms with Crippen molar-refractivity contribution >= 4 is 0 Å². The number of hydrogen-bond acceptors (Lipinski definition) is 3. The Labute approximate surface area is 488 Å². The number of aryl methyl sites for hydroxylation is 2. The molecule has 0 radical (unpaired) electrons. The fraction of sp³-hybridized carbons (Fsp3) is 0.0260. The number of nitrogens with zero attached hydrogens (tertiary/aromatic N) is 3. The maximum atomic E-state index is 5.08. The van der Waals surface area contributed by atoms with Gasteiger partial charge in [0.05, 0.1) is 0 Å². The molecule has 10 aromatic carbocycles. The van der Waals surface area contributed by atoms with Crippen LogP contribution in [0.25, 0.3) is 134 Å². The predicted octanol–water partition coefficient (Wildman–Crippen LogP) is 19.9. The summed E-state index contributed by atoms with van der Waals surface area (Å²) in [4.78, 5) is 14.4. The first-order chi connectivity index (χ1) is 39.5. The van der Waals surface area contributed by atoms with E-state index in [-0.39, 0.29) is 20.1 Å². The second-order valence-electron chi connectivity index (χ2n) is 20.3. The van der Waals surface area contributed by atoms with Gasteiger partial charge in [-0.2, -0.15) is 0 Å². The molecule has 0 spiro atoms. The molecule has 81 heavy (non-hydrogen) atoms. The van der Waals surface area contributed by atoms with Crippen molar-refractivity contribution in [3.05, 3.63) is 309 Å². The second kappa shape index (κ2) is 23.3. The van der Waals surface area contributed by atoms with Crippen LogP contribution in [-0.4, -0.2) is 15.0 Å². The average Bonchev–Trinajstić information content (AvgIpc) is 3.56. The molecule has 4 heteroatoms. The molecule has 13 rings (SSSR count). The van der Waals surface area contributed by atoms with Gasteiger partial charge in [-0.1, -0.05) is 221 Å². The summed E-state index contributed by atoms with van der Waals surface area (Å²) < 4.78 is 0. The zero-order valence-corrected chi connectivity index (χ0v) is 47.1. The van der Waals surface area contributed by atoms with Crippen molar-refractivity contribution in [1.29, 1.82) is 0 Å². The Bertz CT molecular complexity index is 4140. The van der Waals surface area contributed by atoms with Crippen molar-refractivity contribution in [2.75, 3.05) is 0 Å². The van der Waals surface area contributed by atoms with E-state index in [2.05, 4.69) is 303 Å². The minimum atomic E-state index is 0. The van der Waals surface area contributed by atoms with Crippen molar-refractivity contribution in [1.82, 2.24) is 15.0 Å². The van der Waals surface area contributed by atoms with Gasteiger partial charge < -0.3 is 15.0 Å². The molecule has 0 atom stereocenters. The van der Waals surface area contributed by atoms with Crippen LogP contribution in [0, 0.1) is 32.0 Å². The van der Waals surface area contributed by atoms with Crippen molar-refractivity contribution in [3.8, 4) is 134 Å². The molecule has 0 bridgehead atoms. The first kappa shape index (κ1) is 52.0. The van der Waals surface area contributed by atoms with Gasteiger partial charge in [-0.25, -0.2) is 0 Å². The van der Waals surface area contributed by atoms with E-state index in [1.165, 1.54) is 11.1 Å². The van der Waals surface area contributed by atoms with E-state index in [4.69, 9.17) is 4.98 Å². The van der Waals surface area contributed by atoms with Gasteiger partial charge in [0.25, 0.3) is 0 Å². The quantitative estimate of drug-likeness (QED) is 0.114.